The maximum atomic E-state index is 12.3. The Kier molecular flexibility index (Phi) is 5.77. The Labute approximate surface area is 160 Å². The van der Waals surface area contributed by atoms with Crippen molar-refractivity contribution >= 4 is 5.82 Å². The molecule has 1 N–H and O–H groups in total. The summed E-state index contributed by atoms with van der Waals surface area (Å²) in [5.74, 6) is 1.39. The second-order valence-electron chi connectivity index (χ2n) is 6.25. The van der Waals surface area contributed by atoms with Crippen molar-refractivity contribution in [3.05, 3.63) is 65.6 Å². The highest BCUT2D eigenvalue weighted by atomic mass is 19.4. The molecule has 0 aliphatic rings. The van der Waals surface area contributed by atoms with Crippen LogP contribution in [0.15, 0.2) is 48.8 Å². The molecule has 2 heterocycles. The van der Waals surface area contributed by atoms with Crippen molar-refractivity contribution in [2.24, 2.45) is 0 Å². The Morgan fingerprint density at radius 1 is 1.07 bits per heavy atom. The second kappa shape index (κ2) is 8.24. The Bertz CT molecular complexity index is 946. The fourth-order valence-corrected chi connectivity index (χ4v) is 2.52. The Morgan fingerprint density at radius 3 is 2.61 bits per heavy atom. The molecule has 3 rings (SSSR count). The van der Waals surface area contributed by atoms with Crippen LogP contribution in [0.3, 0.4) is 0 Å². The van der Waals surface area contributed by atoms with E-state index in [0.717, 1.165) is 22.4 Å². The number of nitrogens with one attached hydrogen (secondary N) is 1. The topological polar surface area (TPSA) is 59.9 Å². The van der Waals surface area contributed by atoms with Gasteiger partial charge in [-0.1, -0.05) is 12.1 Å². The van der Waals surface area contributed by atoms with Gasteiger partial charge in [0.15, 0.2) is 12.4 Å². The molecule has 8 heteroatoms. The van der Waals surface area contributed by atoms with Crippen molar-refractivity contribution in [1.29, 1.82) is 0 Å². The summed E-state index contributed by atoms with van der Waals surface area (Å²) in [6, 6.07) is 10.2. The highest BCUT2D eigenvalue weighted by molar-refractivity contribution is 5.58. The monoisotopic (exact) mass is 388 g/mol. The molecule has 0 amide bonds. The summed E-state index contributed by atoms with van der Waals surface area (Å²) in [5, 5.41) is 3.23. The number of aromatic nitrogens is 3. The number of pyridine rings is 1. The molecule has 0 fully saturated rings. The van der Waals surface area contributed by atoms with Gasteiger partial charge in [0.25, 0.3) is 0 Å². The summed E-state index contributed by atoms with van der Waals surface area (Å²) in [4.78, 5) is 13.2. The lowest BCUT2D eigenvalue weighted by Gasteiger charge is -2.13. The second-order valence-corrected chi connectivity index (χ2v) is 6.25. The van der Waals surface area contributed by atoms with Gasteiger partial charge in [-0.2, -0.15) is 13.2 Å². The minimum Gasteiger partial charge on any atom is -0.484 e. The van der Waals surface area contributed by atoms with Crippen LogP contribution < -0.4 is 10.1 Å². The molecule has 3 aromatic rings. The van der Waals surface area contributed by atoms with Gasteiger partial charge in [0, 0.05) is 35.8 Å². The fraction of sp³-hybridized carbons (Fsp3) is 0.250. The van der Waals surface area contributed by atoms with Gasteiger partial charge >= 0.3 is 6.18 Å². The van der Waals surface area contributed by atoms with Crippen molar-refractivity contribution < 1.29 is 17.9 Å². The van der Waals surface area contributed by atoms with Crippen molar-refractivity contribution in [3.63, 3.8) is 0 Å². The minimum atomic E-state index is -4.37. The highest BCUT2D eigenvalue weighted by Gasteiger charge is 2.28. The molecule has 0 radical (unpaired) electrons. The molecule has 1 aromatic carbocycles. The van der Waals surface area contributed by atoms with Crippen LogP contribution in [0.5, 0.6) is 5.75 Å². The third kappa shape index (κ3) is 5.18. The predicted octanol–water partition coefficient (Wildman–Crippen LogP) is 4.71. The van der Waals surface area contributed by atoms with E-state index in [4.69, 9.17) is 4.74 Å². The van der Waals surface area contributed by atoms with Crippen molar-refractivity contribution in [2.45, 2.75) is 26.6 Å². The van der Waals surface area contributed by atoms with Gasteiger partial charge < -0.3 is 10.1 Å². The van der Waals surface area contributed by atoms with Crippen LogP contribution in [-0.2, 0) is 6.54 Å². The molecule has 0 saturated carbocycles. The summed E-state index contributed by atoms with van der Waals surface area (Å²) < 4.78 is 41.7. The highest BCUT2D eigenvalue weighted by Crippen LogP contribution is 2.23. The van der Waals surface area contributed by atoms with E-state index in [0.29, 0.717) is 18.2 Å². The third-order valence-corrected chi connectivity index (χ3v) is 4.07. The molecular formula is C20H19F3N4O. The number of aryl methyl sites for hydroxylation is 1. The number of rotatable bonds is 6. The van der Waals surface area contributed by atoms with Crippen LogP contribution in [0.1, 0.15) is 16.8 Å². The van der Waals surface area contributed by atoms with E-state index < -0.39 is 12.8 Å². The van der Waals surface area contributed by atoms with E-state index >= 15 is 0 Å². The number of hydrogen-bond donors (Lipinski definition) is 1. The van der Waals surface area contributed by atoms with E-state index in [1.807, 2.05) is 26.0 Å². The lowest BCUT2D eigenvalue weighted by Crippen LogP contribution is -2.19. The van der Waals surface area contributed by atoms with E-state index in [1.54, 1.807) is 30.6 Å². The Hall–Kier alpha value is -3.16. The third-order valence-electron chi connectivity index (χ3n) is 4.07. The van der Waals surface area contributed by atoms with E-state index in [9.17, 15) is 13.2 Å². The number of nitrogens with zero attached hydrogens (tertiary/aromatic N) is 3. The first kappa shape index (κ1) is 19.6. The molecule has 0 saturated heterocycles. The fourth-order valence-electron chi connectivity index (χ4n) is 2.52. The van der Waals surface area contributed by atoms with Crippen molar-refractivity contribution in [2.75, 3.05) is 11.9 Å². The van der Waals surface area contributed by atoms with Crippen molar-refractivity contribution in [3.8, 4) is 17.1 Å². The molecule has 2 aromatic heterocycles. The number of ether oxygens (including phenoxy) is 1. The first-order valence-electron chi connectivity index (χ1n) is 8.60. The Balaban J connectivity index is 1.75. The number of hydrogen-bond acceptors (Lipinski definition) is 5. The lowest BCUT2D eigenvalue weighted by atomic mass is 10.2. The average molecular weight is 388 g/mol. The molecule has 0 aliphatic heterocycles. The number of benzene rings is 1. The van der Waals surface area contributed by atoms with Gasteiger partial charge in [-0.3, -0.25) is 4.98 Å². The SMILES string of the molecule is Cc1nc(-c2cccnc2)nc(NCc2cccc(OCC(F)(F)F)c2)c1C. The van der Waals surface area contributed by atoms with Gasteiger partial charge in [-0.15, -0.1) is 0 Å². The van der Waals surface area contributed by atoms with E-state index in [2.05, 4.69) is 20.3 Å². The molecule has 0 unspecified atom stereocenters. The molecule has 0 aliphatic carbocycles. The van der Waals surface area contributed by atoms with Crippen LogP contribution >= 0.6 is 0 Å². The zero-order valence-electron chi connectivity index (χ0n) is 15.4. The zero-order chi connectivity index (χ0) is 20.1. The molecule has 146 valence electrons. The first-order chi connectivity index (χ1) is 13.3. The molecule has 0 atom stereocenters. The number of alkyl halides is 3. The molecule has 0 bridgehead atoms. The summed E-state index contributed by atoms with van der Waals surface area (Å²) >= 11 is 0. The van der Waals surface area contributed by atoms with Gasteiger partial charge in [-0.05, 0) is 43.7 Å². The molecule has 5 nitrogen and oxygen atoms in total. The average Bonchev–Trinajstić information content (AvgIpc) is 2.68. The van der Waals surface area contributed by atoms with Crippen LogP contribution in [0.4, 0.5) is 19.0 Å². The van der Waals surface area contributed by atoms with Gasteiger partial charge in [0.05, 0.1) is 0 Å². The standard InChI is InChI=1S/C20H19F3N4O/c1-13-14(2)26-19(16-6-4-8-24-11-16)27-18(13)25-10-15-5-3-7-17(9-15)28-12-20(21,22)23/h3-9,11H,10,12H2,1-2H3,(H,25,26,27). The Morgan fingerprint density at radius 2 is 1.89 bits per heavy atom. The number of halogens is 3. The van der Waals surface area contributed by atoms with Gasteiger partial charge in [0.2, 0.25) is 0 Å². The minimum absolute atomic E-state index is 0.170. The summed E-state index contributed by atoms with van der Waals surface area (Å²) in [6.07, 6.45) is -1.00. The van der Waals surface area contributed by atoms with E-state index in [1.165, 1.54) is 6.07 Å². The van der Waals surface area contributed by atoms with Crippen LogP contribution in [0.2, 0.25) is 0 Å². The maximum absolute atomic E-state index is 12.3. The number of anilines is 1. The maximum Gasteiger partial charge on any atom is 0.422 e. The molecule has 0 spiro atoms. The van der Waals surface area contributed by atoms with Crippen LogP contribution in [-0.4, -0.2) is 27.7 Å². The smallest absolute Gasteiger partial charge is 0.422 e. The van der Waals surface area contributed by atoms with Crippen LogP contribution in [0.25, 0.3) is 11.4 Å². The van der Waals surface area contributed by atoms with E-state index in [-0.39, 0.29) is 5.75 Å². The van der Waals surface area contributed by atoms with Gasteiger partial charge in [-0.25, -0.2) is 9.97 Å². The lowest BCUT2D eigenvalue weighted by molar-refractivity contribution is -0.153. The van der Waals surface area contributed by atoms with Crippen molar-refractivity contribution in [1.82, 2.24) is 15.0 Å². The molecule has 28 heavy (non-hydrogen) atoms. The predicted molar refractivity (Wildman–Crippen MR) is 100 cm³/mol. The summed E-state index contributed by atoms with van der Waals surface area (Å²) in [6.45, 7) is 2.87. The summed E-state index contributed by atoms with van der Waals surface area (Å²) in [5.41, 5.74) is 3.31. The first-order valence-corrected chi connectivity index (χ1v) is 8.60. The van der Waals surface area contributed by atoms with Gasteiger partial charge in [0.1, 0.15) is 11.6 Å². The normalized spacial score (nSPS) is 11.3. The summed E-state index contributed by atoms with van der Waals surface area (Å²) in [7, 11) is 0. The van der Waals surface area contributed by atoms with Crippen LogP contribution in [0, 0.1) is 13.8 Å². The quantitative estimate of drug-likeness (QED) is 0.663. The molecular weight excluding hydrogens is 369 g/mol. The zero-order valence-corrected chi connectivity index (χ0v) is 15.4. The largest absolute Gasteiger partial charge is 0.484 e.